The molecular formula is C13H21N3O. The molecule has 0 spiro atoms. The van der Waals surface area contributed by atoms with Crippen molar-refractivity contribution in [3.05, 3.63) is 23.9 Å². The normalized spacial score (nSPS) is 21.4. The maximum Gasteiger partial charge on any atom is 0.130 e. The van der Waals surface area contributed by atoms with E-state index in [1.54, 1.807) is 6.20 Å². The van der Waals surface area contributed by atoms with Crippen LogP contribution in [0.3, 0.4) is 0 Å². The molecule has 1 atom stereocenters. The van der Waals surface area contributed by atoms with Crippen molar-refractivity contribution in [2.45, 2.75) is 31.8 Å². The fraction of sp³-hybridized carbons (Fsp3) is 0.615. The van der Waals surface area contributed by atoms with Crippen LogP contribution in [0, 0.1) is 0 Å². The van der Waals surface area contributed by atoms with Crippen molar-refractivity contribution < 1.29 is 5.11 Å². The molecule has 0 aliphatic carbocycles. The van der Waals surface area contributed by atoms with Crippen LogP contribution in [0.25, 0.3) is 0 Å². The standard InChI is InChI=1S/C13H21N3O/c1-14-13-11(5-4-7-15-13)9-16-8-3-2-6-12(16)10-17/h4-5,7,12,17H,2-3,6,8-10H2,1H3,(H,14,15). The Labute approximate surface area is 103 Å². The summed E-state index contributed by atoms with van der Waals surface area (Å²) in [7, 11) is 1.89. The van der Waals surface area contributed by atoms with Crippen LogP contribution in [-0.4, -0.2) is 41.2 Å². The molecule has 0 bridgehead atoms. The lowest BCUT2D eigenvalue weighted by atomic mass is 10.0. The van der Waals surface area contributed by atoms with Crippen molar-refractivity contribution in [3.63, 3.8) is 0 Å². The molecule has 2 N–H and O–H groups in total. The van der Waals surface area contributed by atoms with Crippen LogP contribution in [0.15, 0.2) is 18.3 Å². The van der Waals surface area contributed by atoms with Crippen LogP contribution in [0.2, 0.25) is 0 Å². The molecule has 0 amide bonds. The number of likely N-dealkylation sites (tertiary alicyclic amines) is 1. The van der Waals surface area contributed by atoms with E-state index in [1.807, 2.05) is 13.1 Å². The van der Waals surface area contributed by atoms with E-state index in [2.05, 4.69) is 21.3 Å². The van der Waals surface area contributed by atoms with Gasteiger partial charge in [0.15, 0.2) is 0 Å². The maximum atomic E-state index is 9.39. The zero-order valence-electron chi connectivity index (χ0n) is 10.4. The van der Waals surface area contributed by atoms with E-state index >= 15 is 0 Å². The summed E-state index contributed by atoms with van der Waals surface area (Å²) >= 11 is 0. The summed E-state index contributed by atoms with van der Waals surface area (Å²) in [5.74, 6) is 0.940. The monoisotopic (exact) mass is 235 g/mol. The summed E-state index contributed by atoms with van der Waals surface area (Å²) in [4.78, 5) is 6.68. The SMILES string of the molecule is CNc1ncccc1CN1CCCCC1CO. The lowest BCUT2D eigenvalue weighted by Gasteiger charge is -2.34. The highest BCUT2D eigenvalue weighted by Gasteiger charge is 2.22. The van der Waals surface area contributed by atoms with E-state index in [-0.39, 0.29) is 6.61 Å². The molecule has 0 radical (unpaired) electrons. The Morgan fingerprint density at radius 2 is 2.41 bits per heavy atom. The molecule has 94 valence electrons. The molecule has 2 heterocycles. The molecule has 2 rings (SSSR count). The van der Waals surface area contributed by atoms with Gasteiger partial charge in [-0.1, -0.05) is 12.5 Å². The number of aliphatic hydroxyl groups excluding tert-OH is 1. The number of rotatable bonds is 4. The predicted octanol–water partition coefficient (Wildman–Crippen LogP) is 1.47. The van der Waals surface area contributed by atoms with Crippen LogP contribution in [0.1, 0.15) is 24.8 Å². The fourth-order valence-electron chi connectivity index (χ4n) is 2.49. The van der Waals surface area contributed by atoms with E-state index in [4.69, 9.17) is 0 Å². The highest BCUT2D eigenvalue weighted by molar-refractivity contribution is 5.42. The average molecular weight is 235 g/mol. The van der Waals surface area contributed by atoms with Gasteiger partial charge >= 0.3 is 0 Å². The second kappa shape index (κ2) is 5.98. The van der Waals surface area contributed by atoms with E-state index in [0.29, 0.717) is 6.04 Å². The second-order valence-corrected chi connectivity index (χ2v) is 4.56. The highest BCUT2D eigenvalue weighted by Crippen LogP contribution is 2.21. The third-order valence-electron chi connectivity index (χ3n) is 3.46. The number of anilines is 1. The summed E-state index contributed by atoms with van der Waals surface area (Å²) in [6.07, 6.45) is 5.36. The van der Waals surface area contributed by atoms with Crippen LogP contribution < -0.4 is 5.32 Å². The van der Waals surface area contributed by atoms with Gasteiger partial charge in [-0.15, -0.1) is 0 Å². The minimum absolute atomic E-state index is 0.259. The molecule has 1 aromatic rings. The Hall–Kier alpha value is -1.13. The quantitative estimate of drug-likeness (QED) is 0.829. The van der Waals surface area contributed by atoms with Crippen molar-refractivity contribution in [1.82, 2.24) is 9.88 Å². The van der Waals surface area contributed by atoms with Crippen molar-refractivity contribution in [1.29, 1.82) is 0 Å². The van der Waals surface area contributed by atoms with Gasteiger partial charge in [-0.05, 0) is 25.5 Å². The van der Waals surface area contributed by atoms with Gasteiger partial charge in [0, 0.05) is 31.4 Å². The Kier molecular flexibility index (Phi) is 4.34. The number of hydrogen-bond donors (Lipinski definition) is 2. The number of nitrogens with one attached hydrogen (secondary N) is 1. The van der Waals surface area contributed by atoms with Crippen LogP contribution in [0.5, 0.6) is 0 Å². The molecule has 1 saturated heterocycles. The zero-order chi connectivity index (χ0) is 12.1. The maximum absolute atomic E-state index is 9.39. The minimum Gasteiger partial charge on any atom is -0.395 e. The van der Waals surface area contributed by atoms with Crippen molar-refractivity contribution in [3.8, 4) is 0 Å². The van der Waals surface area contributed by atoms with Gasteiger partial charge in [0.1, 0.15) is 5.82 Å². The molecule has 1 aliphatic rings. The van der Waals surface area contributed by atoms with Crippen molar-refractivity contribution in [2.24, 2.45) is 0 Å². The smallest absolute Gasteiger partial charge is 0.130 e. The topological polar surface area (TPSA) is 48.4 Å². The predicted molar refractivity (Wildman–Crippen MR) is 68.9 cm³/mol. The average Bonchev–Trinajstić information content (AvgIpc) is 2.40. The molecule has 0 saturated carbocycles. The van der Waals surface area contributed by atoms with Crippen molar-refractivity contribution >= 4 is 5.82 Å². The number of aliphatic hydroxyl groups is 1. The minimum atomic E-state index is 0.259. The van der Waals surface area contributed by atoms with Gasteiger partial charge < -0.3 is 10.4 Å². The lowest BCUT2D eigenvalue weighted by molar-refractivity contribution is 0.0842. The third kappa shape index (κ3) is 2.96. The van der Waals surface area contributed by atoms with Gasteiger partial charge in [-0.2, -0.15) is 0 Å². The largest absolute Gasteiger partial charge is 0.395 e. The summed E-state index contributed by atoms with van der Waals surface area (Å²) in [6, 6.07) is 4.38. The highest BCUT2D eigenvalue weighted by atomic mass is 16.3. The summed E-state index contributed by atoms with van der Waals surface area (Å²) in [6.45, 7) is 2.20. The fourth-order valence-corrected chi connectivity index (χ4v) is 2.49. The molecule has 17 heavy (non-hydrogen) atoms. The summed E-state index contributed by atoms with van der Waals surface area (Å²) in [5.41, 5.74) is 1.20. The van der Waals surface area contributed by atoms with Gasteiger partial charge in [-0.25, -0.2) is 4.98 Å². The molecule has 1 aliphatic heterocycles. The Bertz CT molecular complexity index is 356. The Morgan fingerprint density at radius 1 is 1.53 bits per heavy atom. The summed E-state index contributed by atoms with van der Waals surface area (Å²) < 4.78 is 0. The molecule has 0 aromatic carbocycles. The van der Waals surface area contributed by atoms with Crippen LogP contribution in [-0.2, 0) is 6.54 Å². The molecule has 4 heteroatoms. The number of aromatic nitrogens is 1. The first-order valence-electron chi connectivity index (χ1n) is 6.31. The molecule has 1 unspecified atom stereocenters. The zero-order valence-corrected chi connectivity index (χ0v) is 10.4. The van der Waals surface area contributed by atoms with E-state index in [9.17, 15) is 5.11 Å². The van der Waals surface area contributed by atoms with Gasteiger partial charge in [0.05, 0.1) is 6.61 Å². The molecular weight excluding hydrogens is 214 g/mol. The number of nitrogens with zero attached hydrogens (tertiary/aromatic N) is 2. The lowest BCUT2D eigenvalue weighted by Crippen LogP contribution is -2.41. The molecule has 1 fully saturated rings. The first-order chi connectivity index (χ1) is 8.35. The first-order valence-corrected chi connectivity index (χ1v) is 6.31. The van der Waals surface area contributed by atoms with Crippen LogP contribution in [0.4, 0.5) is 5.82 Å². The Balaban J connectivity index is 2.08. The number of hydrogen-bond acceptors (Lipinski definition) is 4. The van der Waals surface area contributed by atoms with E-state index in [0.717, 1.165) is 25.3 Å². The van der Waals surface area contributed by atoms with Crippen molar-refractivity contribution in [2.75, 3.05) is 25.5 Å². The second-order valence-electron chi connectivity index (χ2n) is 4.56. The molecule has 4 nitrogen and oxygen atoms in total. The summed E-state index contributed by atoms with van der Waals surface area (Å²) in [5, 5.41) is 12.5. The molecule has 1 aromatic heterocycles. The van der Waals surface area contributed by atoms with Gasteiger partial charge in [-0.3, -0.25) is 4.90 Å². The Morgan fingerprint density at radius 3 is 3.18 bits per heavy atom. The third-order valence-corrected chi connectivity index (χ3v) is 3.46. The number of piperidine rings is 1. The van der Waals surface area contributed by atoms with E-state index in [1.165, 1.54) is 18.4 Å². The van der Waals surface area contributed by atoms with Gasteiger partial charge in [0.2, 0.25) is 0 Å². The van der Waals surface area contributed by atoms with E-state index < -0.39 is 0 Å². The van der Waals surface area contributed by atoms with Crippen LogP contribution >= 0.6 is 0 Å². The van der Waals surface area contributed by atoms with Gasteiger partial charge in [0.25, 0.3) is 0 Å². The first kappa shape index (κ1) is 12.3. The number of pyridine rings is 1.